The largest absolute Gasteiger partial charge is 0.386 e. The third-order valence-electron chi connectivity index (χ3n) is 1.98. The van der Waals surface area contributed by atoms with Crippen LogP contribution in [0.4, 0.5) is 0 Å². The molecule has 0 amide bonds. The molecule has 0 radical (unpaired) electrons. The Labute approximate surface area is 101 Å². The van der Waals surface area contributed by atoms with Crippen LogP contribution < -0.4 is 5.32 Å². The van der Waals surface area contributed by atoms with Crippen molar-refractivity contribution in [1.29, 1.82) is 0 Å². The maximum atomic E-state index is 9.75. The highest BCUT2D eigenvalue weighted by atomic mass is 32.1. The predicted molar refractivity (Wildman–Crippen MR) is 67.8 cm³/mol. The highest BCUT2D eigenvalue weighted by Gasteiger charge is 2.06. The highest BCUT2D eigenvalue weighted by Crippen LogP contribution is 2.17. The number of thiophene rings is 1. The lowest BCUT2D eigenvalue weighted by Gasteiger charge is -2.10. The fraction of sp³-hybridized carbons (Fsp3) is 0.500. The molecule has 1 rings (SSSR count). The minimum Gasteiger partial charge on any atom is -0.386 e. The van der Waals surface area contributed by atoms with Crippen molar-refractivity contribution >= 4 is 11.3 Å². The number of aliphatic hydroxyl groups excluding tert-OH is 1. The van der Waals surface area contributed by atoms with Crippen molar-refractivity contribution in [2.75, 3.05) is 26.3 Å². The summed E-state index contributed by atoms with van der Waals surface area (Å²) in [5, 5.41) is 14.9. The molecule has 1 aromatic heterocycles. The molecule has 0 saturated heterocycles. The van der Waals surface area contributed by atoms with E-state index in [-0.39, 0.29) is 0 Å². The summed E-state index contributed by atoms with van der Waals surface area (Å²) in [7, 11) is 0. The molecule has 0 bridgehead atoms. The molecule has 2 N–H and O–H groups in total. The van der Waals surface area contributed by atoms with Crippen LogP contribution >= 0.6 is 11.3 Å². The molecule has 1 heterocycles. The first kappa shape index (κ1) is 13.4. The first-order valence-corrected chi connectivity index (χ1v) is 6.22. The van der Waals surface area contributed by atoms with Crippen LogP contribution in [0.15, 0.2) is 29.7 Å². The smallest absolute Gasteiger partial charge is 0.101 e. The molecule has 0 aliphatic heterocycles. The Hall–Kier alpha value is -0.680. The van der Waals surface area contributed by atoms with E-state index in [4.69, 9.17) is 4.74 Å². The average Bonchev–Trinajstić information content (AvgIpc) is 2.75. The summed E-state index contributed by atoms with van der Waals surface area (Å²) >= 11 is 1.57. The molecule has 1 aromatic rings. The molecule has 1 atom stereocenters. The fourth-order valence-electron chi connectivity index (χ4n) is 1.21. The molecular formula is C12H19NO2S. The Morgan fingerprint density at radius 3 is 3.12 bits per heavy atom. The predicted octanol–water partition coefficient (Wildman–Crippen LogP) is 1.96. The maximum absolute atomic E-state index is 9.75. The average molecular weight is 241 g/mol. The van der Waals surface area contributed by atoms with Crippen molar-refractivity contribution in [2.45, 2.75) is 13.0 Å². The molecule has 0 fully saturated rings. The summed E-state index contributed by atoms with van der Waals surface area (Å²) in [6.07, 6.45) is -0.416. The molecular weight excluding hydrogens is 222 g/mol. The van der Waals surface area contributed by atoms with Crippen LogP contribution in [0.2, 0.25) is 0 Å². The van der Waals surface area contributed by atoms with Crippen molar-refractivity contribution < 1.29 is 9.84 Å². The van der Waals surface area contributed by atoms with E-state index in [1.54, 1.807) is 11.3 Å². The zero-order chi connectivity index (χ0) is 11.8. The van der Waals surface area contributed by atoms with Gasteiger partial charge in [-0.1, -0.05) is 18.2 Å². The minimum absolute atomic E-state index is 0.416. The Morgan fingerprint density at radius 1 is 1.69 bits per heavy atom. The second-order valence-corrected chi connectivity index (χ2v) is 4.72. The van der Waals surface area contributed by atoms with Crippen LogP contribution in [0.25, 0.3) is 0 Å². The molecule has 0 spiro atoms. The van der Waals surface area contributed by atoms with Crippen molar-refractivity contribution in [3.05, 3.63) is 34.5 Å². The molecule has 1 unspecified atom stereocenters. The van der Waals surface area contributed by atoms with E-state index in [0.717, 1.165) is 17.0 Å². The molecule has 4 heteroatoms. The highest BCUT2D eigenvalue weighted by molar-refractivity contribution is 7.10. The second kappa shape index (κ2) is 7.57. The van der Waals surface area contributed by atoms with E-state index in [1.807, 2.05) is 24.4 Å². The Kier molecular flexibility index (Phi) is 6.33. The van der Waals surface area contributed by atoms with Gasteiger partial charge in [0.2, 0.25) is 0 Å². The van der Waals surface area contributed by atoms with Gasteiger partial charge in [0.25, 0.3) is 0 Å². The van der Waals surface area contributed by atoms with Gasteiger partial charge in [0.05, 0.1) is 13.2 Å². The van der Waals surface area contributed by atoms with Crippen LogP contribution in [0.5, 0.6) is 0 Å². The van der Waals surface area contributed by atoms with Gasteiger partial charge in [-0.05, 0) is 18.4 Å². The Morgan fingerprint density at radius 2 is 2.50 bits per heavy atom. The molecule has 0 aliphatic rings. The quantitative estimate of drug-likeness (QED) is 0.540. The third-order valence-corrected chi connectivity index (χ3v) is 2.95. The summed E-state index contributed by atoms with van der Waals surface area (Å²) in [6, 6.07) is 3.88. The van der Waals surface area contributed by atoms with Crippen molar-refractivity contribution in [3.63, 3.8) is 0 Å². The lowest BCUT2D eigenvalue weighted by Crippen LogP contribution is -2.25. The zero-order valence-electron chi connectivity index (χ0n) is 9.61. The SMILES string of the molecule is C=C(C)COCCNCC(O)c1cccs1. The fourth-order valence-corrected chi connectivity index (χ4v) is 1.92. The number of aliphatic hydroxyl groups is 1. The van der Waals surface area contributed by atoms with Crippen LogP contribution in [0.1, 0.15) is 17.9 Å². The summed E-state index contributed by atoms with van der Waals surface area (Å²) < 4.78 is 5.33. The normalized spacial score (nSPS) is 12.6. The summed E-state index contributed by atoms with van der Waals surface area (Å²) in [5.74, 6) is 0. The van der Waals surface area contributed by atoms with Crippen LogP contribution in [-0.2, 0) is 4.74 Å². The van der Waals surface area contributed by atoms with E-state index < -0.39 is 6.10 Å². The lowest BCUT2D eigenvalue weighted by molar-refractivity contribution is 0.145. The van der Waals surface area contributed by atoms with Crippen LogP contribution in [0.3, 0.4) is 0 Å². The van der Waals surface area contributed by atoms with E-state index in [9.17, 15) is 5.11 Å². The van der Waals surface area contributed by atoms with Crippen molar-refractivity contribution in [1.82, 2.24) is 5.32 Å². The minimum atomic E-state index is -0.416. The van der Waals surface area contributed by atoms with Gasteiger partial charge < -0.3 is 15.2 Å². The molecule has 0 aliphatic carbocycles. The van der Waals surface area contributed by atoms with E-state index >= 15 is 0 Å². The van der Waals surface area contributed by atoms with Gasteiger partial charge >= 0.3 is 0 Å². The molecule has 3 nitrogen and oxygen atoms in total. The third kappa shape index (κ3) is 5.42. The second-order valence-electron chi connectivity index (χ2n) is 3.75. The Bertz CT molecular complexity index is 298. The van der Waals surface area contributed by atoms with E-state index in [2.05, 4.69) is 11.9 Å². The lowest BCUT2D eigenvalue weighted by atomic mass is 10.3. The number of ether oxygens (including phenoxy) is 1. The van der Waals surface area contributed by atoms with Gasteiger partial charge in [0.15, 0.2) is 0 Å². The Balaban J connectivity index is 2.01. The van der Waals surface area contributed by atoms with Crippen molar-refractivity contribution in [3.8, 4) is 0 Å². The van der Waals surface area contributed by atoms with Gasteiger partial charge in [-0.3, -0.25) is 0 Å². The van der Waals surface area contributed by atoms with Gasteiger partial charge in [0.1, 0.15) is 6.10 Å². The molecule has 0 aromatic carbocycles. The summed E-state index contributed by atoms with van der Waals surface area (Å²) in [6.45, 7) is 8.25. The number of hydrogen-bond donors (Lipinski definition) is 2. The van der Waals surface area contributed by atoms with Crippen LogP contribution in [0, 0.1) is 0 Å². The first-order valence-electron chi connectivity index (χ1n) is 5.34. The molecule has 16 heavy (non-hydrogen) atoms. The van der Waals surface area contributed by atoms with Crippen molar-refractivity contribution in [2.24, 2.45) is 0 Å². The van der Waals surface area contributed by atoms with Crippen LogP contribution in [-0.4, -0.2) is 31.4 Å². The van der Waals surface area contributed by atoms with Gasteiger partial charge in [-0.15, -0.1) is 11.3 Å². The maximum Gasteiger partial charge on any atom is 0.101 e. The number of rotatable bonds is 8. The van der Waals surface area contributed by atoms with Gasteiger partial charge in [0, 0.05) is 18.0 Å². The number of nitrogens with one attached hydrogen (secondary N) is 1. The molecule has 0 saturated carbocycles. The molecule has 90 valence electrons. The standard InChI is InChI=1S/C12H19NO2S/c1-10(2)9-15-6-5-13-8-11(14)12-4-3-7-16-12/h3-4,7,11,13-14H,1,5-6,8-9H2,2H3. The number of hydrogen-bond acceptors (Lipinski definition) is 4. The van der Waals surface area contributed by atoms with Gasteiger partial charge in [-0.25, -0.2) is 0 Å². The summed E-state index contributed by atoms with van der Waals surface area (Å²) in [5.41, 5.74) is 1.03. The topological polar surface area (TPSA) is 41.5 Å². The zero-order valence-corrected chi connectivity index (χ0v) is 10.4. The van der Waals surface area contributed by atoms with E-state index in [0.29, 0.717) is 19.8 Å². The monoisotopic (exact) mass is 241 g/mol. The summed E-state index contributed by atoms with van der Waals surface area (Å²) in [4.78, 5) is 0.996. The van der Waals surface area contributed by atoms with Gasteiger partial charge in [-0.2, -0.15) is 0 Å². The first-order chi connectivity index (χ1) is 7.70. The van der Waals surface area contributed by atoms with E-state index in [1.165, 1.54) is 0 Å².